The second kappa shape index (κ2) is 6.66. The molecule has 0 saturated heterocycles. The molecule has 0 bridgehead atoms. The first kappa shape index (κ1) is 13.2. The van der Waals surface area contributed by atoms with E-state index in [4.69, 9.17) is 0 Å². The smallest absolute Gasteiger partial charge is 0.0794 e. The summed E-state index contributed by atoms with van der Waals surface area (Å²) in [6.07, 6.45) is 4.18. The van der Waals surface area contributed by atoms with Gasteiger partial charge < -0.3 is 0 Å². The minimum absolute atomic E-state index is 0.636. The Balaban J connectivity index is 1.97. The largest absolute Gasteiger partial charge is 0.253 e. The van der Waals surface area contributed by atoms with Gasteiger partial charge in [-0.2, -0.15) is 0 Å². The Hall–Kier alpha value is -0.190. The van der Waals surface area contributed by atoms with Crippen molar-refractivity contribution in [1.29, 1.82) is 0 Å². The van der Waals surface area contributed by atoms with E-state index in [0.717, 1.165) is 22.6 Å². The van der Waals surface area contributed by atoms with Crippen molar-refractivity contribution in [2.45, 2.75) is 12.8 Å². The van der Waals surface area contributed by atoms with Gasteiger partial charge in [-0.1, -0.05) is 44.0 Å². The van der Waals surface area contributed by atoms with Gasteiger partial charge in [0.25, 0.3) is 0 Å². The van der Waals surface area contributed by atoms with Crippen molar-refractivity contribution in [2.75, 3.05) is 5.33 Å². The number of aromatic nitrogens is 1. The predicted octanol–water partition coefficient (Wildman–Crippen LogP) is 4.70. The van der Waals surface area contributed by atoms with Crippen LogP contribution >= 0.6 is 43.2 Å². The molecule has 0 N–H and O–H groups in total. The normalized spacial score (nSPS) is 12.6. The zero-order valence-electron chi connectivity index (χ0n) is 9.27. The Morgan fingerprint density at radius 3 is 2.53 bits per heavy atom. The highest BCUT2D eigenvalue weighted by Gasteiger charge is 2.10. The monoisotopic (exact) mass is 373 g/mol. The summed E-state index contributed by atoms with van der Waals surface area (Å²) in [5.41, 5.74) is 3.29. The van der Waals surface area contributed by atoms with Gasteiger partial charge in [-0.15, -0.1) is 11.3 Å². The molecule has 0 aliphatic carbocycles. The van der Waals surface area contributed by atoms with Gasteiger partial charge in [-0.25, -0.2) is 0 Å². The molecule has 1 unspecified atom stereocenters. The van der Waals surface area contributed by atoms with Gasteiger partial charge >= 0.3 is 0 Å². The second-order valence-electron chi connectivity index (χ2n) is 4.02. The Morgan fingerprint density at radius 2 is 1.94 bits per heavy atom. The molecule has 1 aromatic heterocycles. The van der Waals surface area contributed by atoms with E-state index in [0.29, 0.717) is 5.92 Å². The van der Waals surface area contributed by atoms with Crippen molar-refractivity contribution in [1.82, 2.24) is 4.98 Å². The molecule has 1 atom stereocenters. The number of rotatable bonds is 5. The highest BCUT2D eigenvalue weighted by molar-refractivity contribution is 9.10. The third kappa shape index (κ3) is 4.19. The molecule has 2 rings (SSSR count). The summed E-state index contributed by atoms with van der Waals surface area (Å²) in [6.45, 7) is 0. The van der Waals surface area contributed by atoms with Crippen molar-refractivity contribution in [2.24, 2.45) is 5.92 Å². The summed E-state index contributed by atoms with van der Waals surface area (Å²) in [4.78, 5) is 5.49. The molecule has 0 saturated carbocycles. The maximum absolute atomic E-state index is 4.13. The van der Waals surface area contributed by atoms with Gasteiger partial charge in [0.1, 0.15) is 0 Å². The van der Waals surface area contributed by atoms with Gasteiger partial charge in [0.15, 0.2) is 0 Å². The maximum atomic E-state index is 4.13. The molecule has 1 aromatic carbocycles. The fourth-order valence-corrected chi connectivity index (χ4v) is 3.20. The Morgan fingerprint density at radius 1 is 1.18 bits per heavy atom. The SMILES string of the molecule is BrCC(Cc1ccc(Br)cc1)Cc1cncs1. The minimum Gasteiger partial charge on any atom is -0.253 e. The van der Waals surface area contributed by atoms with E-state index >= 15 is 0 Å². The van der Waals surface area contributed by atoms with Crippen LogP contribution in [0.15, 0.2) is 40.4 Å². The number of hydrogen-bond acceptors (Lipinski definition) is 2. The number of thiazole rings is 1. The van der Waals surface area contributed by atoms with Crippen LogP contribution in [0.4, 0.5) is 0 Å². The minimum atomic E-state index is 0.636. The number of benzene rings is 1. The predicted molar refractivity (Wildman–Crippen MR) is 80.9 cm³/mol. The van der Waals surface area contributed by atoms with Crippen LogP contribution in [0.25, 0.3) is 0 Å². The van der Waals surface area contributed by atoms with Crippen molar-refractivity contribution in [3.63, 3.8) is 0 Å². The molecule has 4 heteroatoms. The average Bonchev–Trinajstić information content (AvgIpc) is 2.84. The number of alkyl halides is 1. The molecule has 2 aromatic rings. The zero-order valence-corrected chi connectivity index (χ0v) is 13.3. The first-order valence-corrected chi connectivity index (χ1v) is 8.25. The lowest BCUT2D eigenvalue weighted by Crippen LogP contribution is -2.09. The zero-order chi connectivity index (χ0) is 12.1. The third-order valence-electron chi connectivity index (χ3n) is 2.63. The first-order valence-electron chi connectivity index (χ1n) is 5.45. The molecule has 0 fully saturated rings. The van der Waals surface area contributed by atoms with Crippen molar-refractivity contribution in [3.8, 4) is 0 Å². The van der Waals surface area contributed by atoms with Gasteiger partial charge in [-0.05, 0) is 36.5 Å². The lowest BCUT2D eigenvalue weighted by Gasteiger charge is -2.12. The molecule has 1 nitrogen and oxygen atoms in total. The maximum Gasteiger partial charge on any atom is 0.0794 e. The van der Waals surface area contributed by atoms with Crippen LogP contribution in [0, 0.1) is 5.92 Å². The Bertz CT molecular complexity index is 439. The molecular formula is C13H13Br2NS. The Kier molecular flexibility index (Phi) is 5.19. The van der Waals surface area contributed by atoms with E-state index < -0.39 is 0 Å². The topological polar surface area (TPSA) is 12.9 Å². The summed E-state index contributed by atoms with van der Waals surface area (Å²) in [7, 11) is 0. The molecule has 0 aliphatic rings. The fourth-order valence-electron chi connectivity index (χ4n) is 1.76. The van der Waals surface area contributed by atoms with Gasteiger partial charge in [0, 0.05) is 20.9 Å². The standard InChI is InChI=1S/C13H13Br2NS/c14-7-11(6-13-8-16-9-17-13)5-10-1-3-12(15)4-2-10/h1-4,8-9,11H,5-7H2. The summed E-state index contributed by atoms with van der Waals surface area (Å²) >= 11 is 8.81. The molecule has 90 valence electrons. The highest BCUT2D eigenvalue weighted by atomic mass is 79.9. The van der Waals surface area contributed by atoms with Crippen LogP contribution in [0.1, 0.15) is 10.4 Å². The van der Waals surface area contributed by atoms with Crippen molar-refractivity contribution >= 4 is 43.2 Å². The molecule has 0 radical (unpaired) electrons. The van der Waals surface area contributed by atoms with E-state index in [9.17, 15) is 0 Å². The summed E-state index contributed by atoms with van der Waals surface area (Å²) in [5.74, 6) is 0.636. The molecular weight excluding hydrogens is 362 g/mol. The first-order chi connectivity index (χ1) is 8.28. The summed E-state index contributed by atoms with van der Waals surface area (Å²) < 4.78 is 1.14. The van der Waals surface area contributed by atoms with Gasteiger partial charge in [0.2, 0.25) is 0 Å². The van der Waals surface area contributed by atoms with Crippen LogP contribution in [0.2, 0.25) is 0 Å². The van der Waals surface area contributed by atoms with Crippen molar-refractivity contribution < 1.29 is 0 Å². The second-order valence-corrected chi connectivity index (χ2v) is 6.56. The highest BCUT2D eigenvalue weighted by Crippen LogP contribution is 2.20. The van der Waals surface area contributed by atoms with E-state index in [1.54, 1.807) is 11.3 Å². The van der Waals surface area contributed by atoms with Gasteiger partial charge in [0.05, 0.1) is 5.51 Å². The van der Waals surface area contributed by atoms with Crippen LogP contribution in [0.3, 0.4) is 0 Å². The van der Waals surface area contributed by atoms with E-state index in [1.165, 1.54) is 10.4 Å². The van der Waals surface area contributed by atoms with E-state index in [-0.39, 0.29) is 0 Å². The lowest BCUT2D eigenvalue weighted by atomic mass is 9.98. The van der Waals surface area contributed by atoms with Gasteiger partial charge in [-0.3, -0.25) is 4.98 Å². The number of nitrogens with zero attached hydrogens (tertiary/aromatic N) is 1. The summed E-state index contributed by atoms with van der Waals surface area (Å²) in [5, 5.41) is 1.03. The average molecular weight is 375 g/mol. The van der Waals surface area contributed by atoms with Crippen LogP contribution in [0.5, 0.6) is 0 Å². The lowest BCUT2D eigenvalue weighted by molar-refractivity contribution is 0.596. The number of halogens is 2. The number of hydrogen-bond donors (Lipinski definition) is 0. The van der Waals surface area contributed by atoms with E-state index in [1.807, 2.05) is 11.7 Å². The van der Waals surface area contributed by atoms with Crippen LogP contribution < -0.4 is 0 Å². The molecule has 0 amide bonds. The molecule has 0 aliphatic heterocycles. The molecule has 0 spiro atoms. The summed E-state index contributed by atoms with van der Waals surface area (Å²) in [6, 6.07) is 8.58. The molecule has 17 heavy (non-hydrogen) atoms. The quantitative estimate of drug-likeness (QED) is 0.691. The molecule has 1 heterocycles. The van der Waals surface area contributed by atoms with Crippen LogP contribution in [-0.4, -0.2) is 10.3 Å². The fraction of sp³-hybridized carbons (Fsp3) is 0.308. The van der Waals surface area contributed by atoms with Crippen LogP contribution in [-0.2, 0) is 12.8 Å². The van der Waals surface area contributed by atoms with E-state index in [2.05, 4.69) is 61.1 Å². The Labute approximate surface area is 123 Å². The third-order valence-corrected chi connectivity index (χ3v) is 4.88. The van der Waals surface area contributed by atoms with Crippen molar-refractivity contribution in [3.05, 3.63) is 50.9 Å².